The number of hydrogen-bond donors (Lipinski definition) is 1. The van der Waals surface area contributed by atoms with Crippen molar-refractivity contribution in [1.29, 1.82) is 0 Å². The summed E-state index contributed by atoms with van der Waals surface area (Å²) in [6.45, 7) is 2.10. The Morgan fingerprint density at radius 2 is 2.50 bits per heavy atom. The fraction of sp³-hybridized carbons (Fsp3) is 0.667. The number of fused-ring (bicyclic) bond motifs is 1. The lowest BCUT2D eigenvalue weighted by atomic mass is 9.90. The summed E-state index contributed by atoms with van der Waals surface area (Å²) in [4.78, 5) is 10.9. The highest BCUT2D eigenvalue weighted by Gasteiger charge is 2.43. The number of esters is 1. The van der Waals surface area contributed by atoms with Gasteiger partial charge in [0.2, 0.25) is 0 Å². The van der Waals surface area contributed by atoms with Crippen LogP contribution in [0.15, 0.2) is 11.6 Å². The van der Waals surface area contributed by atoms with E-state index in [2.05, 4.69) is 0 Å². The van der Waals surface area contributed by atoms with Gasteiger partial charge in [0, 0.05) is 11.8 Å². The molecule has 1 fully saturated rings. The van der Waals surface area contributed by atoms with Gasteiger partial charge in [-0.3, -0.25) is 4.79 Å². The largest absolute Gasteiger partial charge is 0.458 e. The van der Waals surface area contributed by atoms with Gasteiger partial charge in [0.15, 0.2) is 0 Å². The molecule has 0 spiro atoms. The highest BCUT2D eigenvalue weighted by Crippen LogP contribution is 2.39. The number of carbonyl (C=O) groups excluding carboxylic acids is 1. The third-order valence-electron chi connectivity index (χ3n) is 2.82. The molecule has 0 aromatic rings. The zero-order valence-electron chi connectivity index (χ0n) is 6.99. The Kier molecular flexibility index (Phi) is 1.68. The van der Waals surface area contributed by atoms with Gasteiger partial charge in [0.05, 0.1) is 13.0 Å². The maximum absolute atomic E-state index is 10.9. The molecule has 3 unspecified atom stereocenters. The van der Waals surface area contributed by atoms with Crippen molar-refractivity contribution in [3.63, 3.8) is 0 Å². The van der Waals surface area contributed by atoms with Crippen LogP contribution in [0.5, 0.6) is 0 Å². The van der Waals surface area contributed by atoms with E-state index in [1.165, 1.54) is 0 Å². The first-order valence-corrected chi connectivity index (χ1v) is 4.21. The van der Waals surface area contributed by atoms with E-state index in [0.717, 1.165) is 5.57 Å². The van der Waals surface area contributed by atoms with Gasteiger partial charge in [-0.25, -0.2) is 0 Å². The number of aliphatic hydroxyl groups excluding tert-OH is 1. The van der Waals surface area contributed by atoms with E-state index >= 15 is 0 Å². The Bertz CT molecular complexity index is 244. The van der Waals surface area contributed by atoms with Gasteiger partial charge in [-0.2, -0.15) is 0 Å². The summed E-state index contributed by atoms with van der Waals surface area (Å²) >= 11 is 0. The smallest absolute Gasteiger partial charge is 0.306 e. The van der Waals surface area contributed by atoms with Crippen LogP contribution in [0, 0.1) is 11.8 Å². The summed E-state index contributed by atoms with van der Waals surface area (Å²) < 4.78 is 5.06. The van der Waals surface area contributed by atoms with Crippen LogP contribution in [0.1, 0.15) is 13.3 Å². The lowest BCUT2D eigenvalue weighted by molar-refractivity contribution is -0.140. The second-order valence-corrected chi connectivity index (χ2v) is 3.52. The van der Waals surface area contributed by atoms with Crippen LogP contribution < -0.4 is 0 Å². The molecule has 2 rings (SSSR count). The van der Waals surface area contributed by atoms with Gasteiger partial charge in [0.25, 0.3) is 0 Å². The van der Waals surface area contributed by atoms with Crippen LogP contribution in [-0.2, 0) is 9.53 Å². The molecule has 12 heavy (non-hydrogen) atoms. The van der Waals surface area contributed by atoms with Crippen LogP contribution in [0.4, 0.5) is 0 Å². The summed E-state index contributed by atoms with van der Waals surface area (Å²) in [5.41, 5.74) is 1.15. The average molecular weight is 168 g/mol. The molecule has 0 aromatic carbocycles. The Hall–Kier alpha value is -0.830. The molecule has 1 saturated heterocycles. The van der Waals surface area contributed by atoms with Gasteiger partial charge >= 0.3 is 5.97 Å². The van der Waals surface area contributed by atoms with Crippen molar-refractivity contribution in [2.75, 3.05) is 6.61 Å². The van der Waals surface area contributed by atoms with Crippen molar-refractivity contribution in [1.82, 2.24) is 0 Å². The minimum absolute atomic E-state index is 0.0605. The van der Waals surface area contributed by atoms with Crippen molar-refractivity contribution >= 4 is 5.97 Å². The topological polar surface area (TPSA) is 46.5 Å². The average Bonchev–Trinajstić information content (AvgIpc) is 2.43. The molecule has 2 aliphatic rings. The molecule has 0 aromatic heterocycles. The van der Waals surface area contributed by atoms with Gasteiger partial charge in [-0.05, 0) is 13.0 Å². The zero-order valence-corrected chi connectivity index (χ0v) is 6.99. The monoisotopic (exact) mass is 168 g/mol. The van der Waals surface area contributed by atoms with E-state index in [-0.39, 0.29) is 30.5 Å². The van der Waals surface area contributed by atoms with Crippen LogP contribution in [-0.4, -0.2) is 23.8 Å². The third kappa shape index (κ3) is 0.966. The first-order valence-electron chi connectivity index (χ1n) is 4.21. The summed E-state index contributed by atoms with van der Waals surface area (Å²) in [7, 11) is 0. The maximum Gasteiger partial charge on any atom is 0.306 e. The van der Waals surface area contributed by atoms with Crippen molar-refractivity contribution in [2.45, 2.75) is 19.4 Å². The number of aliphatic hydroxyl groups is 1. The molecule has 0 bridgehead atoms. The maximum atomic E-state index is 10.9. The van der Waals surface area contributed by atoms with Gasteiger partial charge in [-0.1, -0.05) is 5.57 Å². The van der Waals surface area contributed by atoms with Crippen LogP contribution in [0.2, 0.25) is 0 Å². The van der Waals surface area contributed by atoms with Gasteiger partial charge in [0.1, 0.15) is 6.10 Å². The van der Waals surface area contributed by atoms with E-state index in [1.807, 2.05) is 13.0 Å². The van der Waals surface area contributed by atoms with Crippen molar-refractivity contribution < 1.29 is 14.6 Å². The lowest BCUT2D eigenvalue weighted by Crippen LogP contribution is -2.18. The minimum Gasteiger partial charge on any atom is -0.458 e. The molecule has 0 saturated carbocycles. The lowest BCUT2D eigenvalue weighted by Gasteiger charge is -2.14. The van der Waals surface area contributed by atoms with E-state index < -0.39 is 0 Å². The van der Waals surface area contributed by atoms with Crippen LogP contribution in [0.25, 0.3) is 0 Å². The Balaban J connectivity index is 2.20. The highest BCUT2D eigenvalue weighted by molar-refractivity contribution is 5.73. The summed E-state index contributed by atoms with van der Waals surface area (Å²) in [6.07, 6.45) is 2.36. The summed E-state index contributed by atoms with van der Waals surface area (Å²) in [6, 6.07) is 0. The van der Waals surface area contributed by atoms with Crippen molar-refractivity contribution in [2.24, 2.45) is 11.8 Å². The minimum atomic E-state index is -0.132. The molecule has 3 heteroatoms. The first-order chi connectivity index (χ1) is 5.72. The fourth-order valence-corrected chi connectivity index (χ4v) is 2.12. The zero-order chi connectivity index (χ0) is 8.72. The van der Waals surface area contributed by atoms with E-state index in [0.29, 0.717) is 6.42 Å². The third-order valence-corrected chi connectivity index (χ3v) is 2.82. The molecule has 0 amide bonds. The molecule has 3 nitrogen and oxygen atoms in total. The normalized spacial score (nSPS) is 39.3. The van der Waals surface area contributed by atoms with Gasteiger partial charge < -0.3 is 9.84 Å². The number of carbonyl (C=O) groups is 1. The molecule has 1 heterocycles. The Labute approximate surface area is 71.0 Å². The molecular formula is C9H12O3. The second-order valence-electron chi connectivity index (χ2n) is 3.52. The Morgan fingerprint density at radius 1 is 1.75 bits per heavy atom. The van der Waals surface area contributed by atoms with E-state index in [9.17, 15) is 4.79 Å². The fourth-order valence-electron chi connectivity index (χ4n) is 2.12. The highest BCUT2D eigenvalue weighted by atomic mass is 16.5. The number of hydrogen-bond acceptors (Lipinski definition) is 3. The number of ether oxygens (including phenoxy) is 1. The number of rotatable bonds is 1. The standard InChI is InChI=1S/C9H12O3/c1-5-2-8-6(7(5)4-10)3-9(11)12-8/h2,6-8,10H,3-4H2,1H3. The predicted octanol–water partition coefficient (Wildman–Crippen LogP) is 0.486. The van der Waals surface area contributed by atoms with Crippen LogP contribution in [0.3, 0.4) is 0 Å². The Morgan fingerprint density at radius 3 is 3.17 bits per heavy atom. The summed E-state index contributed by atoms with van der Waals surface area (Å²) in [5, 5.41) is 9.06. The molecule has 3 atom stereocenters. The molecule has 1 aliphatic carbocycles. The van der Waals surface area contributed by atoms with Crippen molar-refractivity contribution in [3.8, 4) is 0 Å². The molecule has 0 radical (unpaired) electrons. The molecule has 1 N–H and O–H groups in total. The van der Waals surface area contributed by atoms with E-state index in [4.69, 9.17) is 9.84 Å². The predicted molar refractivity (Wildman–Crippen MR) is 42.3 cm³/mol. The molecular weight excluding hydrogens is 156 g/mol. The van der Waals surface area contributed by atoms with Crippen molar-refractivity contribution in [3.05, 3.63) is 11.6 Å². The summed E-state index contributed by atoms with van der Waals surface area (Å²) in [5.74, 6) is 0.205. The van der Waals surface area contributed by atoms with Crippen LogP contribution >= 0.6 is 0 Å². The quantitative estimate of drug-likeness (QED) is 0.457. The van der Waals surface area contributed by atoms with E-state index in [1.54, 1.807) is 0 Å². The first kappa shape index (κ1) is 7.80. The molecule has 66 valence electrons. The van der Waals surface area contributed by atoms with Gasteiger partial charge in [-0.15, -0.1) is 0 Å². The SMILES string of the molecule is CC1=CC2OC(=O)CC2C1CO. The molecule has 1 aliphatic heterocycles. The second kappa shape index (κ2) is 2.59.